The van der Waals surface area contributed by atoms with Crippen molar-refractivity contribution in [2.75, 3.05) is 7.11 Å². The van der Waals surface area contributed by atoms with Crippen LogP contribution in [0.4, 0.5) is 5.69 Å². The Bertz CT molecular complexity index is 680. The molecule has 0 fully saturated rings. The lowest BCUT2D eigenvalue weighted by Gasteiger charge is -2.07. The Morgan fingerprint density at radius 2 is 1.76 bits per heavy atom. The summed E-state index contributed by atoms with van der Waals surface area (Å²) in [5.41, 5.74) is -0.0831. The van der Waals surface area contributed by atoms with Crippen molar-refractivity contribution in [2.24, 2.45) is 0 Å². The Morgan fingerprint density at radius 1 is 1.14 bits per heavy atom. The zero-order valence-corrected chi connectivity index (χ0v) is 11.0. The van der Waals surface area contributed by atoms with E-state index in [1.807, 2.05) is 0 Å². The van der Waals surface area contributed by atoms with Crippen LogP contribution in [0.25, 0.3) is 0 Å². The van der Waals surface area contributed by atoms with Gasteiger partial charge in [0.15, 0.2) is 5.75 Å². The van der Waals surface area contributed by atoms with E-state index in [-0.39, 0.29) is 22.7 Å². The zero-order chi connectivity index (χ0) is 15.4. The van der Waals surface area contributed by atoms with Crippen molar-refractivity contribution in [3.63, 3.8) is 0 Å². The normalized spacial score (nSPS) is 9.95. The molecule has 0 aliphatic rings. The van der Waals surface area contributed by atoms with Crippen LogP contribution in [-0.2, 0) is 0 Å². The molecule has 0 aromatic heterocycles. The van der Waals surface area contributed by atoms with Crippen molar-refractivity contribution in [2.45, 2.75) is 0 Å². The summed E-state index contributed by atoms with van der Waals surface area (Å²) in [4.78, 5) is 21.1. The second kappa shape index (κ2) is 5.91. The molecular weight excluding hydrogens is 278 g/mol. The van der Waals surface area contributed by atoms with Gasteiger partial charge in [0.05, 0.1) is 23.7 Å². The molecule has 0 unspecified atom stereocenters. The van der Waals surface area contributed by atoms with E-state index in [4.69, 9.17) is 14.6 Å². The molecule has 0 saturated heterocycles. The molecule has 0 aliphatic carbocycles. The Balaban J connectivity index is 2.25. The van der Waals surface area contributed by atoms with E-state index in [2.05, 4.69) is 0 Å². The van der Waals surface area contributed by atoms with Crippen LogP contribution in [0, 0.1) is 10.1 Å². The first kappa shape index (κ1) is 14.3. The van der Waals surface area contributed by atoms with E-state index in [1.54, 1.807) is 0 Å². The van der Waals surface area contributed by atoms with Crippen molar-refractivity contribution < 1.29 is 24.3 Å². The number of nitro groups is 1. The molecule has 0 spiro atoms. The number of benzene rings is 2. The van der Waals surface area contributed by atoms with Gasteiger partial charge in [0.25, 0.3) is 0 Å². The molecular formula is C14H11NO6. The molecule has 7 nitrogen and oxygen atoms in total. The van der Waals surface area contributed by atoms with E-state index in [0.29, 0.717) is 5.75 Å². The summed E-state index contributed by atoms with van der Waals surface area (Å²) in [6, 6.07) is 9.91. The third-order valence-corrected chi connectivity index (χ3v) is 2.68. The van der Waals surface area contributed by atoms with Gasteiger partial charge in [0.1, 0.15) is 11.5 Å². The SMILES string of the molecule is COc1ccc(Oc2ccc(C(=O)O)cc2)cc1[N+](=O)[O-]. The van der Waals surface area contributed by atoms with Gasteiger partial charge in [0.2, 0.25) is 0 Å². The third-order valence-electron chi connectivity index (χ3n) is 2.68. The highest BCUT2D eigenvalue weighted by atomic mass is 16.6. The summed E-state index contributed by atoms with van der Waals surface area (Å²) in [6.45, 7) is 0. The second-order valence-electron chi connectivity index (χ2n) is 4.02. The maximum Gasteiger partial charge on any atom is 0.335 e. The van der Waals surface area contributed by atoms with Crippen LogP contribution in [0.3, 0.4) is 0 Å². The monoisotopic (exact) mass is 289 g/mol. The lowest BCUT2D eigenvalue weighted by atomic mass is 10.2. The van der Waals surface area contributed by atoms with Crippen molar-refractivity contribution in [3.05, 3.63) is 58.1 Å². The van der Waals surface area contributed by atoms with E-state index in [0.717, 1.165) is 0 Å². The van der Waals surface area contributed by atoms with Gasteiger partial charge in [-0.3, -0.25) is 10.1 Å². The summed E-state index contributed by atoms with van der Waals surface area (Å²) >= 11 is 0. The minimum atomic E-state index is -1.04. The fourth-order valence-electron chi connectivity index (χ4n) is 1.68. The van der Waals surface area contributed by atoms with Gasteiger partial charge in [-0.2, -0.15) is 0 Å². The van der Waals surface area contributed by atoms with E-state index in [1.165, 1.54) is 49.6 Å². The van der Waals surface area contributed by atoms with E-state index >= 15 is 0 Å². The van der Waals surface area contributed by atoms with Crippen molar-refractivity contribution in [1.29, 1.82) is 0 Å². The fraction of sp³-hybridized carbons (Fsp3) is 0.0714. The van der Waals surface area contributed by atoms with Gasteiger partial charge in [-0.05, 0) is 36.4 Å². The summed E-state index contributed by atoms with van der Waals surface area (Å²) in [6.07, 6.45) is 0. The highest BCUT2D eigenvalue weighted by molar-refractivity contribution is 5.87. The first-order valence-electron chi connectivity index (χ1n) is 5.85. The molecule has 2 aromatic carbocycles. The summed E-state index contributed by atoms with van der Waals surface area (Å²) in [5.74, 6) is -0.278. The Hall–Kier alpha value is -3.09. The smallest absolute Gasteiger partial charge is 0.335 e. The van der Waals surface area contributed by atoms with Gasteiger partial charge < -0.3 is 14.6 Å². The average Bonchev–Trinajstić information content (AvgIpc) is 2.47. The van der Waals surface area contributed by atoms with Gasteiger partial charge in [0, 0.05) is 0 Å². The molecule has 21 heavy (non-hydrogen) atoms. The van der Waals surface area contributed by atoms with Crippen molar-refractivity contribution >= 4 is 11.7 Å². The third kappa shape index (κ3) is 3.27. The number of aromatic carboxylic acids is 1. The zero-order valence-electron chi connectivity index (χ0n) is 11.0. The van der Waals surface area contributed by atoms with E-state index in [9.17, 15) is 14.9 Å². The molecule has 0 aliphatic heterocycles. The van der Waals surface area contributed by atoms with Crippen LogP contribution < -0.4 is 9.47 Å². The molecule has 2 aromatic rings. The quantitative estimate of drug-likeness (QED) is 0.670. The lowest BCUT2D eigenvalue weighted by molar-refractivity contribution is -0.385. The molecule has 108 valence electrons. The first-order chi connectivity index (χ1) is 10.0. The van der Waals surface area contributed by atoms with Crippen LogP contribution in [0.1, 0.15) is 10.4 Å². The number of nitro benzene ring substituents is 1. The van der Waals surface area contributed by atoms with Crippen LogP contribution in [-0.4, -0.2) is 23.1 Å². The van der Waals surface area contributed by atoms with Crippen molar-refractivity contribution in [3.8, 4) is 17.2 Å². The van der Waals surface area contributed by atoms with Gasteiger partial charge in [-0.15, -0.1) is 0 Å². The molecule has 0 amide bonds. The Kier molecular flexibility index (Phi) is 4.03. The molecule has 0 heterocycles. The number of carboxylic acid groups (broad SMARTS) is 1. The largest absolute Gasteiger partial charge is 0.490 e. The number of carbonyl (C=O) groups is 1. The molecule has 0 saturated carbocycles. The summed E-state index contributed by atoms with van der Waals surface area (Å²) < 4.78 is 10.3. The topological polar surface area (TPSA) is 98.9 Å². The van der Waals surface area contributed by atoms with Crippen LogP contribution in [0.5, 0.6) is 17.2 Å². The maximum atomic E-state index is 10.9. The first-order valence-corrected chi connectivity index (χ1v) is 5.85. The Labute approximate surface area is 119 Å². The fourth-order valence-corrected chi connectivity index (χ4v) is 1.68. The van der Waals surface area contributed by atoms with Crippen LogP contribution >= 0.6 is 0 Å². The number of rotatable bonds is 5. The van der Waals surface area contributed by atoms with Crippen molar-refractivity contribution in [1.82, 2.24) is 0 Å². The van der Waals surface area contributed by atoms with Gasteiger partial charge in [-0.25, -0.2) is 4.79 Å². The second-order valence-corrected chi connectivity index (χ2v) is 4.02. The summed E-state index contributed by atoms with van der Waals surface area (Å²) in [7, 11) is 1.34. The van der Waals surface area contributed by atoms with Gasteiger partial charge in [-0.1, -0.05) is 0 Å². The minimum Gasteiger partial charge on any atom is -0.490 e. The van der Waals surface area contributed by atoms with E-state index < -0.39 is 10.9 Å². The standard InChI is InChI=1S/C14H11NO6/c1-20-13-7-6-11(8-12(13)15(18)19)21-10-4-2-9(3-5-10)14(16)17/h2-8H,1H3,(H,16,17). The molecule has 0 radical (unpaired) electrons. The average molecular weight is 289 g/mol. The van der Waals surface area contributed by atoms with Gasteiger partial charge >= 0.3 is 11.7 Å². The molecule has 7 heteroatoms. The Morgan fingerprint density at radius 3 is 2.29 bits per heavy atom. The van der Waals surface area contributed by atoms with Crippen LogP contribution in [0.15, 0.2) is 42.5 Å². The summed E-state index contributed by atoms with van der Waals surface area (Å²) in [5, 5.41) is 19.7. The molecule has 0 bridgehead atoms. The molecule has 1 N–H and O–H groups in total. The minimum absolute atomic E-state index is 0.128. The predicted molar refractivity (Wildman–Crippen MR) is 73.1 cm³/mol. The van der Waals surface area contributed by atoms with Crippen LogP contribution in [0.2, 0.25) is 0 Å². The highest BCUT2D eigenvalue weighted by Gasteiger charge is 2.16. The number of nitrogens with zero attached hydrogens (tertiary/aromatic N) is 1. The molecule has 2 rings (SSSR count). The molecule has 0 atom stereocenters. The highest BCUT2D eigenvalue weighted by Crippen LogP contribution is 2.32. The lowest BCUT2D eigenvalue weighted by Crippen LogP contribution is -1.96. The predicted octanol–water partition coefficient (Wildman–Crippen LogP) is 3.09. The number of carboxylic acids is 1. The number of methoxy groups -OCH3 is 1. The number of ether oxygens (including phenoxy) is 2. The number of hydrogen-bond donors (Lipinski definition) is 1. The maximum absolute atomic E-state index is 10.9. The number of hydrogen-bond acceptors (Lipinski definition) is 5.